The summed E-state index contributed by atoms with van der Waals surface area (Å²) in [5, 5.41) is 26.6. The van der Waals surface area contributed by atoms with Crippen molar-refractivity contribution in [2.24, 2.45) is 5.92 Å². The molecule has 3 atom stereocenters. The largest absolute Gasteiger partial charge is 0.479 e. The van der Waals surface area contributed by atoms with Gasteiger partial charge in [0.2, 0.25) is 0 Å². The molecule has 3 unspecified atom stereocenters. The number of rotatable bonds is 10. The fourth-order valence-electron chi connectivity index (χ4n) is 1.56. The summed E-state index contributed by atoms with van der Waals surface area (Å²) in [4.78, 5) is 21.4. The molecule has 0 aromatic heterocycles. The Morgan fingerprint density at radius 3 is 2.17 bits per heavy atom. The lowest BCUT2D eigenvalue weighted by Gasteiger charge is -2.20. The van der Waals surface area contributed by atoms with Gasteiger partial charge in [-0.2, -0.15) is 0 Å². The van der Waals surface area contributed by atoms with E-state index >= 15 is 0 Å². The Balaban J connectivity index is 4.33. The second-order valence-corrected chi connectivity index (χ2v) is 4.29. The second-order valence-electron chi connectivity index (χ2n) is 4.29. The zero-order valence-electron chi connectivity index (χ0n) is 10.8. The molecule has 0 radical (unpaired) electrons. The molecule has 0 aliphatic heterocycles. The molecule has 18 heavy (non-hydrogen) atoms. The summed E-state index contributed by atoms with van der Waals surface area (Å²) in [5.41, 5.74) is 0. The summed E-state index contributed by atoms with van der Waals surface area (Å²) in [7, 11) is 0. The van der Waals surface area contributed by atoms with Crippen LogP contribution in [0.4, 0.5) is 0 Å². The molecule has 0 spiro atoms. The molecule has 0 saturated heterocycles. The molecule has 0 aliphatic carbocycles. The van der Waals surface area contributed by atoms with Gasteiger partial charge in [0, 0.05) is 0 Å². The SMILES string of the molecule is CCCCC(CC)COC(C(=O)O)C(O)C(=O)O. The number of carboxylic acids is 2. The minimum Gasteiger partial charge on any atom is -0.479 e. The van der Waals surface area contributed by atoms with Gasteiger partial charge in [-0.05, 0) is 12.3 Å². The number of hydrogen-bond donors (Lipinski definition) is 3. The van der Waals surface area contributed by atoms with E-state index in [1.54, 1.807) is 0 Å². The van der Waals surface area contributed by atoms with E-state index in [9.17, 15) is 14.7 Å². The van der Waals surface area contributed by atoms with Gasteiger partial charge in [-0.1, -0.05) is 33.1 Å². The highest BCUT2D eigenvalue weighted by Gasteiger charge is 2.33. The van der Waals surface area contributed by atoms with E-state index in [-0.39, 0.29) is 12.5 Å². The van der Waals surface area contributed by atoms with Crippen LogP contribution < -0.4 is 0 Å². The molecule has 0 fully saturated rings. The third-order valence-electron chi connectivity index (χ3n) is 2.84. The maximum atomic E-state index is 10.8. The number of aliphatic carboxylic acids is 2. The van der Waals surface area contributed by atoms with Gasteiger partial charge in [0.05, 0.1) is 6.61 Å². The summed E-state index contributed by atoms with van der Waals surface area (Å²) in [6.45, 7) is 4.17. The Bertz CT molecular complexity index is 265. The summed E-state index contributed by atoms with van der Waals surface area (Å²) in [5.74, 6) is -2.87. The Kier molecular flexibility index (Phi) is 8.32. The summed E-state index contributed by atoms with van der Waals surface area (Å²) in [6.07, 6.45) is 0.0414. The Labute approximate surface area is 107 Å². The van der Waals surface area contributed by atoms with Crippen LogP contribution in [-0.2, 0) is 14.3 Å². The molecule has 6 nitrogen and oxygen atoms in total. The molecule has 3 N–H and O–H groups in total. The van der Waals surface area contributed by atoms with Crippen LogP contribution in [0.5, 0.6) is 0 Å². The van der Waals surface area contributed by atoms with E-state index in [1.165, 1.54) is 0 Å². The second kappa shape index (κ2) is 8.88. The van der Waals surface area contributed by atoms with Gasteiger partial charge >= 0.3 is 11.9 Å². The van der Waals surface area contributed by atoms with Crippen LogP contribution in [-0.4, -0.2) is 46.1 Å². The van der Waals surface area contributed by atoms with Crippen LogP contribution in [0, 0.1) is 5.92 Å². The molecule has 6 heteroatoms. The maximum absolute atomic E-state index is 10.8. The topological polar surface area (TPSA) is 104 Å². The summed E-state index contributed by atoms with van der Waals surface area (Å²) < 4.78 is 5.05. The molecule has 0 bridgehead atoms. The Morgan fingerprint density at radius 1 is 1.17 bits per heavy atom. The van der Waals surface area contributed by atoms with Crippen molar-refractivity contribution in [1.82, 2.24) is 0 Å². The van der Waals surface area contributed by atoms with Gasteiger partial charge < -0.3 is 20.1 Å². The number of aliphatic hydroxyl groups is 1. The maximum Gasteiger partial charge on any atom is 0.336 e. The fourth-order valence-corrected chi connectivity index (χ4v) is 1.56. The minimum atomic E-state index is -2.04. The lowest BCUT2D eigenvalue weighted by molar-refractivity contribution is -0.172. The monoisotopic (exact) mass is 262 g/mol. The van der Waals surface area contributed by atoms with Crippen molar-refractivity contribution in [2.45, 2.75) is 51.7 Å². The predicted octanol–water partition coefficient (Wildman–Crippen LogP) is 1.12. The van der Waals surface area contributed by atoms with Gasteiger partial charge in [0.25, 0.3) is 0 Å². The fraction of sp³-hybridized carbons (Fsp3) is 0.833. The standard InChI is InChI=1S/C12H22O6/c1-3-5-6-8(4-2)7-18-10(12(16)17)9(13)11(14)15/h8-10,13H,3-7H2,1-2H3,(H,14,15)(H,16,17). The van der Waals surface area contributed by atoms with E-state index in [0.717, 1.165) is 25.7 Å². The molecular formula is C12H22O6. The number of hydrogen-bond acceptors (Lipinski definition) is 4. The highest BCUT2D eigenvalue weighted by atomic mass is 16.5. The van der Waals surface area contributed by atoms with Crippen molar-refractivity contribution in [3.05, 3.63) is 0 Å². The third kappa shape index (κ3) is 5.97. The lowest BCUT2D eigenvalue weighted by Crippen LogP contribution is -2.42. The first-order valence-corrected chi connectivity index (χ1v) is 6.19. The van der Waals surface area contributed by atoms with E-state index in [0.29, 0.717) is 0 Å². The van der Waals surface area contributed by atoms with Crippen molar-refractivity contribution in [1.29, 1.82) is 0 Å². The van der Waals surface area contributed by atoms with Crippen molar-refractivity contribution in [2.75, 3.05) is 6.61 Å². The Morgan fingerprint density at radius 2 is 1.78 bits per heavy atom. The van der Waals surface area contributed by atoms with Crippen LogP contribution >= 0.6 is 0 Å². The normalized spacial score (nSPS) is 15.9. The molecule has 0 heterocycles. The average molecular weight is 262 g/mol. The zero-order chi connectivity index (χ0) is 14.1. The van der Waals surface area contributed by atoms with Gasteiger partial charge in [-0.25, -0.2) is 9.59 Å². The molecule has 0 amide bonds. The van der Waals surface area contributed by atoms with Gasteiger partial charge in [0.1, 0.15) is 0 Å². The van der Waals surface area contributed by atoms with Gasteiger partial charge in [-0.3, -0.25) is 0 Å². The molecule has 0 aliphatic rings. The third-order valence-corrected chi connectivity index (χ3v) is 2.84. The van der Waals surface area contributed by atoms with E-state index in [1.807, 2.05) is 6.92 Å². The number of carboxylic acid groups (broad SMARTS) is 2. The highest BCUT2D eigenvalue weighted by Crippen LogP contribution is 2.14. The number of ether oxygens (including phenoxy) is 1. The van der Waals surface area contributed by atoms with Crippen LogP contribution in [0.2, 0.25) is 0 Å². The summed E-state index contributed by atoms with van der Waals surface area (Å²) >= 11 is 0. The van der Waals surface area contributed by atoms with E-state index in [2.05, 4.69) is 6.92 Å². The highest BCUT2D eigenvalue weighted by molar-refractivity contribution is 5.83. The van der Waals surface area contributed by atoms with Crippen molar-refractivity contribution in [3.63, 3.8) is 0 Å². The van der Waals surface area contributed by atoms with Crippen molar-refractivity contribution in [3.8, 4) is 0 Å². The molecule has 0 saturated carbocycles. The molecule has 0 rings (SSSR count). The van der Waals surface area contributed by atoms with Crippen molar-refractivity contribution >= 4 is 11.9 Å². The van der Waals surface area contributed by atoms with E-state index in [4.69, 9.17) is 14.9 Å². The van der Waals surface area contributed by atoms with Crippen LogP contribution in [0.3, 0.4) is 0 Å². The first kappa shape index (κ1) is 16.9. The molecular weight excluding hydrogens is 240 g/mol. The lowest BCUT2D eigenvalue weighted by atomic mass is 10.0. The molecule has 106 valence electrons. The zero-order valence-corrected chi connectivity index (χ0v) is 10.8. The average Bonchev–Trinajstić information content (AvgIpc) is 2.32. The first-order valence-electron chi connectivity index (χ1n) is 6.19. The number of aliphatic hydroxyl groups excluding tert-OH is 1. The van der Waals surface area contributed by atoms with E-state index < -0.39 is 24.1 Å². The first-order chi connectivity index (χ1) is 8.43. The molecule has 0 aromatic carbocycles. The van der Waals surface area contributed by atoms with Crippen LogP contribution in [0.25, 0.3) is 0 Å². The Hall–Kier alpha value is -1.14. The van der Waals surface area contributed by atoms with Gasteiger partial charge in [-0.15, -0.1) is 0 Å². The predicted molar refractivity (Wildman–Crippen MR) is 64.3 cm³/mol. The van der Waals surface area contributed by atoms with Crippen LogP contribution in [0.15, 0.2) is 0 Å². The summed E-state index contributed by atoms with van der Waals surface area (Å²) in [6, 6.07) is 0. The minimum absolute atomic E-state index is 0.151. The number of carbonyl (C=O) groups is 2. The van der Waals surface area contributed by atoms with Gasteiger partial charge in [0.15, 0.2) is 12.2 Å². The van der Waals surface area contributed by atoms with Crippen molar-refractivity contribution < 1.29 is 29.6 Å². The molecule has 0 aromatic rings. The smallest absolute Gasteiger partial charge is 0.336 e. The number of unbranched alkanes of at least 4 members (excludes halogenated alkanes) is 1. The van der Waals surface area contributed by atoms with Crippen LogP contribution in [0.1, 0.15) is 39.5 Å². The quantitative estimate of drug-likeness (QED) is 0.545.